The summed E-state index contributed by atoms with van der Waals surface area (Å²) in [5.74, 6) is -0.175. The van der Waals surface area contributed by atoms with Gasteiger partial charge in [-0.2, -0.15) is 13.2 Å². The maximum atomic E-state index is 12.7. The van der Waals surface area contributed by atoms with Crippen LogP contribution < -0.4 is 5.32 Å². The van der Waals surface area contributed by atoms with Crippen LogP contribution in [-0.4, -0.2) is 22.4 Å². The Hall–Kier alpha value is -3.16. The molecule has 2 heterocycles. The van der Waals surface area contributed by atoms with E-state index in [4.69, 9.17) is 4.42 Å². The summed E-state index contributed by atoms with van der Waals surface area (Å²) in [6, 6.07) is 7.76. The van der Waals surface area contributed by atoms with Gasteiger partial charge in [-0.05, 0) is 43.3 Å². The number of hydrogen-bond donors (Lipinski definition) is 1. The van der Waals surface area contributed by atoms with Gasteiger partial charge in [0.15, 0.2) is 11.5 Å². The van der Waals surface area contributed by atoms with Crippen molar-refractivity contribution in [3.63, 3.8) is 0 Å². The summed E-state index contributed by atoms with van der Waals surface area (Å²) >= 11 is 0. The smallest absolute Gasteiger partial charge is 0.416 e. The van der Waals surface area contributed by atoms with Gasteiger partial charge >= 0.3 is 6.18 Å². The SMILES string of the molecule is CCNC(=O)c1nc(-c2ccc(C(F)(F)F)cc2)oc1-c1cccnc1. The van der Waals surface area contributed by atoms with Crippen molar-refractivity contribution in [1.82, 2.24) is 15.3 Å². The van der Waals surface area contributed by atoms with Gasteiger partial charge in [0.05, 0.1) is 5.56 Å². The second-order valence-electron chi connectivity index (χ2n) is 5.37. The first-order chi connectivity index (χ1) is 12.4. The zero-order valence-corrected chi connectivity index (χ0v) is 13.7. The molecular formula is C18H14F3N3O2. The van der Waals surface area contributed by atoms with Crippen LogP contribution in [0.4, 0.5) is 13.2 Å². The molecule has 0 radical (unpaired) electrons. The number of aromatic nitrogens is 2. The molecular weight excluding hydrogens is 347 g/mol. The highest BCUT2D eigenvalue weighted by molar-refractivity contribution is 5.98. The summed E-state index contributed by atoms with van der Waals surface area (Å²) in [5.41, 5.74) is 0.150. The fourth-order valence-electron chi connectivity index (χ4n) is 2.34. The molecule has 3 rings (SSSR count). The van der Waals surface area contributed by atoms with Crippen LogP contribution in [0.3, 0.4) is 0 Å². The highest BCUT2D eigenvalue weighted by Gasteiger charge is 2.30. The molecule has 26 heavy (non-hydrogen) atoms. The van der Waals surface area contributed by atoms with Crippen LogP contribution in [0.5, 0.6) is 0 Å². The van der Waals surface area contributed by atoms with E-state index in [9.17, 15) is 18.0 Å². The molecule has 0 aliphatic rings. The van der Waals surface area contributed by atoms with E-state index in [0.717, 1.165) is 12.1 Å². The number of rotatable bonds is 4. The minimum Gasteiger partial charge on any atom is -0.435 e. The lowest BCUT2D eigenvalue weighted by atomic mass is 10.1. The Morgan fingerprint density at radius 1 is 1.15 bits per heavy atom. The van der Waals surface area contributed by atoms with Gasteiger partial charge in [0.2, 0.25) is 5.89 Å². The van der Waals surface area contributed by atoms with E-state index in [2.05, 4.69) is 15.3 Å². The van der Waals surface area contributed by atoms with Crippen LogP contribution in [0, 0.1) is 0 Å². The Labute approximate surface area is 146 Å². The quantitative estimate of drug-likeness (QED) is 0.757. The number of alkyl halides is 3. The van der Waals surface area contributed by atoms with Crippen LogP contribution in [0.25, 0.3) is 22.8 Å². The minimum absolute atomic E-state index is 0.0507. The molecule has 0 aliphatic carbocycles. The number of pyridine rings is 1. The maximum absolute atomic E-state index is 12.7. The van der Waals surface area contributed by atoms with Crippen molar-refractivity contribution in [2.75, 3.05) is 6.54 Å². The molecule has 5 nitrogen and oxygen atoms in total. The number of nitrogens with one attached hydrogen (secondary N) is 1. The van der Waals surface area contributed by atoms with Gasteiger partial charge in [-0.1, -0.05) is 0 Å². The van der Waals surface area contributed by atoms with Crippen LogP contribution in [0.1, 0.15) is 23.0 Å². The Balaban J connectivity index is 2.05. The molecule has 0 atom stereocenters. The van der Waals surface area contributed by atoms with Crippen LogP contribution in [-0.2, 0) is 6.18 Å². The van der Waals surface area contributed by atoms with Crippen molar-refractivity contribution in [2.45, 2.75) is 13.1 Å². The zero-order chi connectivity index (χ0) is 18.7. The monoisotopic (exact) mass is 361 g/mol. The number of benzene rings is 1. The van der Waals surface area contributed by atoms with Crippen molar-refractivity contribution in [3.05, 3.63) is 60.0 Å². The van der Waals surface area contributed by atoms with E-state index in [1.54, 1.807) is 25.3 Å². The molecule has 0 fully saturated rings. The van der Waals surface area contributed by atoms with E-state index in [0.29, 0.717) is 17.7 Å². The summed E-state index contributed by atoms with van der Waals surface area (Å²) in [4.78, 5) is 20.4. The summed E-state index contributed by atoms with van der Waals surface area (Å²) < 4.78 is 43.8. The molecule has 1 N–H and O–H groups in total. The second kappa shape index (κ2) is 6.99. The van der Waals surface area contributed by atoms with E-state index in [-0.39, 0.29) is 17.3 Å². The van der Waals surface area contributed by atoms with Crippen molar-refractivity contribution in [3.8, 4) is 22.8 Å². The van der Waals surface area contributed by atoms with Crippen molar-refractivity contribution < 1.29 is 22.4 Å². The third-order valence-corrected chi connectivity index (χ3v) is 3.56. The third kappa shape index (κ3) is 3.58. The Morgan fingerprint density at radius 3 is 2.46 bits per heavy atom. The summed E-state index contributed by atoms with van der Waals surface area (Å²) in [6.45, 7) is 2.16. The van der Waals surface area contributed by atoms with E-state index < -0.39 is 17.6 Å². The Morgan fingerprint density at radius 2 is 1.88 bits per heavy atom. The number of carbonyl (C=O) groups is 1. The molecule has 0 saturated carbocycles. The normalized spacial score (nSPS) is 11.4. The summed E-state index contributed by atoms with van der Waals surface area (Å²) in [5, 5.41) is 2.64. The molecule has 134 valence electrons. The number of halogens is 3. The molecule has 0 aliphatic heterocycles. The van der Waals surface area contributed by atoms with Gasteiger partial charge in [0.1, 0.15) is 0 Å². The summed E-state index contributed by atoms with van der Waals surface area (Å²) in [6.07, 6.45) is -1.34. The fourth-order valence-corrected chi connectivity index (χ4v) is 2.34. The van der Waals surface area contributed by atoms with Crippen LogP contribution >= 0.6 is 0 Å². The van der Waals surface area contributed by atoms with E-state index in [1.807, 2.05) is 0 Å². The molecule has 1 amide bonds. The van der Waals surface area contributed by atoms with E-state index >= 15 is 0 Å². The first kappa shape index (κ1) is 17.7. The topological polar surface area (TPSA) is 68.0 Å². The average Bonchev–Trinajstić information content (AvgIpc) is 3.07. The molecule has 3 aromatic rings. The van der Waals surface area contributed by atoms with Gasteiger partial charge in [-0.3, -0.25) is 9.78 Å². The Kier molecular flexibility index (Phi) is 4.75. The fraction of sp³-hybridized carbons (Fsp3) is 0.167. The molecule has 0 bridgehead atoms. The van der Waals surface area contributed by atoms with Gasteiger partial charge < -0.3 is 9.73 Å². The lowest BCUT2D eigenvalue weighted by molar-refractivity contribution is -0.137. The first-order valence-corrected chi connectivity index (χ1v) is 7.77. The first-order valence-electron chi connectivity index (χ1n) is 7.77. The molecule has 0 unspecified atom stereocenters. The third-order valence-electron chi connectivity index (χ3n) is 3.56. The molecule has 0 saturated heterocycles. The van der Waals surface area contributed by atoms with E-state index in [1.165, 1.54) is 18.3 Å². The molecule has 0 spiro atoms. The zero-order valence-electron chi connectivity index (χ0n) is 13.7. The van der Waals surface area contributed by atoms with Crippen molar-refractivity contribution in [1.29, 1.82) is 0 Å². The predicted octanol–water partition coefficient (Wildman–Crippen LogP) is 4.17. The van der Waals surface area contributed by atoms with Gasteiger partial charge in [0, 0.05) is 30.1 Å². The maximum Gasteiger partial charge on any atom is 0.416 e. The standard InChI is InChI=1S/C18H14F3N3O2/c1-2-23-16(25)14-15(12-4-3-9-22-10-12)26-17(24-14)11-5-7-13(8-6-11)18(19,20)21/h3-10H,2H2,1H3,(H,23,25). The van der Waals surface area contributed by atoms with Crippen LogP contribution in [0.15, 0.2) is 53.2 Å². The predicted molar refractivity (Wildman–Crippen MR) is 88.2 cm³/mol. The highest BCUT2D eigenvalue weighted by Crippen LogP contribution is 2.33. The largest absolute Gasteiger partial charge is 0.435 e. The number of carbonyl (C=O) groups excluding carboxylic acids is 1. The number of nitrogens with zero attached hydrogens (tertiary/aromatic N) is 2. The average molecular weight is 361 g/mol. The summed E-state index contributed by atoms with van der Waals surface area (Å²) in [7, 11) is 0. The highest BCUT2D eigenvalue weighted by atomic mass is 19.4. The van der Waals surface area contributed by atoms with Crippen molar-refractivity contribution >= 4 is 5.91 Å². The number of oxazole rings is 1. The van der Waals surface area contributed by atoms with Gasteiger partial charge in [-0.25, -0.2) is 4.98 Å². The number of hydrogen-bond acceptors (Lipinski definition) is 4. The lowest BCUT2D eigenvalue weighted by Gasteiger charge is -2.06. The molecule has 1 aromatic carbocycles. The minimum atomic E-state index is -4.43. The lowest BCUT2D eigenvalue weighted by Crippen LogP contribution is -2.23. The molecule has 2 aromatic heterocycles. The molecule has 8 heteroatoms. The van der Waals surface area contributed by atoms with Crippen LogP contribution in [0.2, 0.25) is 0 Å². The van der Waals surface area contributed by atoms with Gasteiger partial charge in [0.25, 0.3) is 5.91 Å². The van der Waals surface area contributed by atoms with Crippen molar-refractivity contribution in [2.24, 2.45) is 0 Å². The Bertz CT molecular complexity index is 904. The second-order valence-corrected chi connectivity index (χ2v) is 5.37. The van der Waals surface area contributed by atoms with Gasteiger partial charge in [-0.15, -0.1) is 0 Å². The number of amides is 1.